The third-order valence-electron chi connectivity index (χ3n) is 6.06. The Bertz CT molecular complexity index is 847. The number of fused-ring (bicyclic) bond motifs is 2. The summed E-state index contributed by atoms with van der Waals surface area (Å²) in [5.41, 5.74) is 1.05. The van der Waals surface area contributed by atoms with Crippen LogP contribution in [0.2, 0.25) is 0 Å². The minimum Gasteiger partial charge on any atom is -0.278 e. The van der Waals surface area contributed by atoms with Crippen molar-refractivity contribution in [1.82, 2.24) is 4.90 Å². The molecule has 4 aliphatic rings. The first-order valence-corrected chi connectivity index (χ1v) is 8.74. The molecule has 3 aliphatic carbocycles. The number of likely N-dealkylation sites (tertiary alicyclic amines) is 1. The molecule has 1 saturated heterocycles. The molecule has 2 amide bonds. The summed E-state index contributed by atoms with van der Waals surface area (Å²) in [4.78, 5) is 27.4. The van der Waals surface area contributed by atoms with Crippen molar-refractivity contribution in [2.75, 3.05) is 0 Å². The van der Waals surface area contributed by atoms with Crippen molar-refractivity contribution in [2.45, 2.75) is 19.4 Å². The summed E-state index contributed by atoms with van der Waals surface area (Å²) < 4.78 is 0. The number of hydrogen-bond donors (Lipinski definition) is 0. The second-order valence-corrected chi connectivity index (χ2v) is 7.24. The zero-order chi connectivity index (χ0) is 16.3. The van der Waals surface area contributed by atoms with Crippen LogP contribution in [0, 0.1) is 23.7 Å². The van der Waals surface area contributed by atoms with E-state index in [-0.39, 0.29) is 35.5 Å². The molecule has 2 bridgehead atoms. The topological polar surface area (TPSA) is 37.4 Å². The molecular formula is C21H19NO2. The van der Waals surface area contributed by atoms with Gasteiger partial charge in [-0.05, 0) is 41.0 Å². The van der Waals surface area contributed by atoms with E-state index in [0.29, 0.717) is 6.54 Å². The number of amides is 2. The Morgan fingerprint density at radius 3 is 2.12 bits per heavy atom. The van der Waals surface area contributed by atoms with Crippen molar-refractivity contribution in [1.29, 1.82) is 0 Å². The number of carbonyl (C=O) groups is 2. The molecule has 24 heavy (non-hydrogen) atoms. The zero-order valence-electron chi connectivity index (χ0n) is 13.4. The van der Waals surface area contributed by atoms with Gasteiger partial charge in [0.05, 0.1) is 18.4 Å². The fourth-order valence-electron chi connectivity index (χ4n) is 4.89. The Kier molecular flexibility index (Phi) is 2.93. The van der Waals surface area contributed by atoms with E-state index in [2.05, 4.69) is 30.4 Å². The van der Waals surface area contributed by atoms with E-state index in [9.17, 15) is 9.59 Å². The van der Waals surface area contributed by atoms with Crippen LogP contribution in [0.1, 0.15) is 18.4 Å². The minimum atomic E-state index is -0.115. The summed E-state index contributed by atoms with van der Waals surface area (Å²) in [5, 5.41) is 2.27. The Balaban J connectivity index is 1.52. The molecule has 1 aliphatic heterocycles. The van der Waals surface area contributed by atoms with Crippen LogP contribution in [0.5, 0.6) is 0 Å². The number of benzene rings is 2. The van der Waals surface area contributed by atoms with E-state index in [4.69, 9.17) is 0 Å². The number of nitrogens with zero attached hydrogens (tertiary/aromatic N) is 1. The maximum absolute atomic E-state index is 13.0. The van der Waals surface area contributed by atoms with E-state index >= 15 is 0 Å². The molecule has 0 unspecified atom stereocenters. The zero-order valence-corrected chi connectivity index (χ0v) is 13.4. The monoisotopic (exact) mass is 317 g/mol. The van der Waals surface area contributed by atoms with Crippen molar-refractivity contribution in [3.05, 3.63) is 60.2 Å². The van der Waals surface area contributed by atoms with Gasteiger partial charge >= 0.3 is 0 Å². The third-order valence-corrected chi connectivity index (χ3v) is 6.06. The Labute approximate surface area is 141 Å². The maximum Gasteiger partial charge on any atom is 0.234 e. The highest BCUT2D eigenvalue weighted by Gasteiger charge is 2.56. The van der Waals surface area contributed by atoms with Crippen molar-refractivity contribution in [3.63, 3.8) is 0 Å². The molecule has 4 atom stereocenters. The second-order valence-electron chi connectivity index (χ2n) is 7.24. The SMILES string of the molecule is O=C1[C@@H]2[C@@H](C(=O)N1Cc1cccc3ccccc13)[C@H]1C=C[C@H]2CC1. The van der Waals surface area contributed by atoms with Crippen molar-refractivity contribution >= 4 is 22.6 Å². The number of rotatable bonds is 2. The molecule has 0 N–H and O–H groups in total. The fraction of sp³-hybridized carbons (Fsp3) is 0.333. The van der Waals surface area contributed by atoms with Crippen LogP contribution in [0.15, 0.2) is 54.6 Å². The van der Waals surface area contributed by atoms with Gasteiger partial charge in [0.1, 0.15) is 0 Å². The summed E-state index contributed by atoms with van der Waals surface area (Å²) in [6, 6.07) is 14.2. The van der Waals surface area contributed by atoms with Gasteiger partial charge in [-0.25, -0.2) is 0 Å². The molecule has 1 heterocycles. The van der Waals surface area contributed by atoms with Gasteiger partial charge in [-0.15, -0.1) is 0 Å². The Morgan fingerprint density at radius 1 is 0.833 bits per heavy atom. The molecule has 0 aromatic heterocycles. The van der Waals surface area contributed by atoms with Gasteiger partial charge in [0.25, 0.3) is 0 Å². The molecule has 120 valence electrons. The molecule has 2 aromatic rings. The average Bonchev–Trinajstić information content (AvgIpc) is 2.90. The van der Waals surface area contributed by atoms with Crippen LogP contribution in [0.25, 0.3) is 10.8 Å². The highest BCUT2D eigenvalue weighted by molar-refractivity contribution is 6.06. The van der Waals surface area contributed by atoms with Crippen molar-refractivity contribution < 1.29 is 9.59 Å². The lowest BCUT2D eigenvalue weighted by molar-refractivity contribution is -0.140. The first kappa shape index (κ1) is 14.0. The number of allylic oxidation sites excluding steroid dienone is 2. The second kappa shape index (κ2) is 5.04. The van der Waals surface area contributed by atoms with Gasteiger partial charge in [-0.3, -0.25) is 14.5 Å². The van der Waals surface area contributed by atoms with E-state index in [1.54, 1.807) is 0 Å². The molecule has 1 saturated carbocycles. The van der Waals surface area contributed by atoms with Crippen molar-refractivity contribution in [3.8, 4) is 0 Å². The molecule has 2 aromatic carbocycles. The lowest BCUT2D eigenvalue weighted by Crippen LogP contribution is -2.38. The van der Waals surface area contributed by atoms with Gasteiger partial charge in [-0.1, -0.05) is 54.6 Å². The predicted octanol–water partition coefficient (Wildman–Crippen LogP) is 3.54. The van der Waals surface area contributed by atoms with Gasteiger partial charge in [0.15, 0.2) is 0 Å². The van der Waals surface area contributed by atoms with E-state index < -0.39 is 0 Å². The van der Waals surface area contributed by atoms with Crippen LogP contribution in [0.4, 0.5) is 0 Å². The normalized spacial score (nSPS) is 31.1. The van der Waals surface area contributed by atoms with Gasteiger partial charge < -0.3 is 0 Å². The molecule has 6 rings (SSSR count). The molecule has 0 spiro atoms. The predicted molar refractivity (Wildman–Crippen MR) is 91.8 cm³/mol. The molecule has 2 fully saturated rings. The number of hydrogen-bond acceptors (Lipinski definition) is 2. The maximum atomic E-state index is 13.0. The Morgan fingerprint density at radius 2 is 1.46 bits per heavy atom. The fourth-order valence-corrected chi connectivity index (χ4v) is 4.89. The van der Waals surface area contributed by atoms with Crippen LogP contribution < -0.4 is 0 Å². The Hall–Kier alpha value is -2.42. The molecule has 3 heteroatoms. The van der Waals surface area contributed by atoms with E-state index in [0.717, 1.165) is 29.2 Å². The lowest BCUT2D eigenvalue weighted by Gasteiger charge is -2.38. The minimum absolute atomic E-state index is 0.0389. The largest absolute Gasteiger partial charge is 0.278 e. The van der Waals surface area contributed by atoms with Crippen LogP contribution in [-0.4, -0.2) is 16.7 Å². The van der Waals surface area contributed by atoms with E-state index in [1.807, 2.05) is 24.3 Å². The standard InChI is InChI=1S/C21H19NO2/c23-20-18-14-8-9-15(11-10-14)19(18)21(24)22(20)12-16-6-3-5-13-4-1-2-7-17(13)16/h1-9,14-15,18-19H,10-12H2/t14-,15-,18-,19-/m0/s1. The smallest absolute Gasteiger partial charge is 0.234 e. The van der Waals surface area contributed by atoms with Crippen LogP contribution >= 0.6 is 0 Å². The van der Waals surface area contributed by atoms with Crippen LogP contribution in [-0.2, 0) is 16.1 Å². The van der Waals surface area contributed by atoms with E-state index in [1.165, 1.54) is 4.90 Å². The van der Waals surface area contributed by atoms with Crippen LogP contribution in [0.3, 0.4) is 0 Å². The molecule has 0 radical (unpaired) electrons. The number of carbonyl (C=O) groups excluding carboxylic acids is 2. The van der Waals surface area contributed by atoms with Gasteiger partial charge in [-0.2, -0.15) is 0 Å². The first-order valence-electron chi connectivity index (χ1n) is 8.74. The number of imide groups is 1. The molecular weight excluding hydrogens is 298 g/mol. The summed E-state index contributed by atoms with van der Waals surface area (Å²) in [6.07, 6.45) is 6.43. The van der Waals surface area contributed by atoms with Gasteiger partial charge in [0.2, 0.25) is 11.8 Å². The highest BCUT2D eigenvalue weighted by Crippen LogP contribution is 2.49. The summed E-state index contributed by atoms with van der Waals surface area (Å²) in [5.74, 6) is 0.365. The first-order chi connectivity index (χ1) is 11.7. The van der Waals surface area contributed by atoms with Gasteiger partial charge in [0, 0.05) is 0 Å². The molecule has 3 nitrogen and oxygen atoms in total. The third kappa shape index (κ3) is 1.84. The summed E-state index contributed by atoms with van der Waals surface area (Å²) >= 11 is 0. The van der Waals surface area contributed by atoms with Crippen molar-refractivity contribution in [2.24, 2.45) is 23.7 Å². The highest BCUT2D eigenvalue weighted by atomic mass is 16.2. The summed E-state index contributed by atoms with van der Waals surface area (Å²) in [6.45, 7) is 0.394. The lowest BCUT2D eigenvalue weighted by atomic mass is 9.63. The summed E-state index contributed by atoms with van der Waals surface area (Å²) in [7, 11) is 0. The average molecular weight is 317 g/mol. The quantitative estimate of drug-likeness (QED) is 0.627.